The van der Waals surface area contributed by atoms with Crippen LogP contribution in [-0.2, 0) is 0 Å². The lowest BCUT2D eigenvalue weighted by Crippen LogP contribution is -2.28. The number of aromatic nitrogens is 2. The Kier molecular flexibility index (Phi) is 3.79. The number of hydrogen-bond donors (Lipinski definition) is 3. The highest BCUT2D eigenvalue weighted by molar-refractivity contribution is 5.47. The Morgan fingerprint density at radius 2 is 2.00 bits per heavy atom. The van der Waals surface area contributed by atoms with E-state index in [1.807, 2.05) is 6.07 Å². The van der Waals surface area contributed by atoms with Crippen molar-refractivity contribution in [1.29, 1.82) is 5.26 Å². The van der Waals surface area contributed by atoms with Crippen LogP contribution in [0.1, 0.15) is 5.69 Å². The van der Waals surface area contributed by atoms with Crippen molar-refractivity contribution in [2.45, 2.75) is 6.04 Å². The van der Waals surface area contributed by atoms with E-state index >= 15 is 0 Å². The monoisotopic (exact) mass is 194 g/mol. The molecule has 14 heavy (non-hydrogen) atoms. The normalized spacial score (nSPS) is 9.86. The first-order chi connectivity index (χ1) is 6.81. The molecule has 0 bridgehead atoms. The zero-order valence-electron chi connectivity index (χ0n) is 7.38. The van der Waals surface area contributed by atoms with Crippen molar-refractivity contribution in [3.8, 4) is 6.07 Å². The van der Waals surface area contributed by atoms with Crippen molar-refractivity contribution in [1.82, 2.24) is 9.97 Å². The van der Waals surface area contributed by atoms with Crippen molar-refractivity contribution in [3.05, 3.63) is 18.1 Å². The molecule has 1 heterocycles. The molecular formula is C8H10N4O2. The van der Waals surface area contributed by atoms with Crippen molar-refractivity contribution in [2.24, 2.45) is 0 Å². The number of anilines is 1. The van der Waals surface area contributed by atoms with Crippen LogP contribution in [0.4, 0.5) is 5.82 Å². The fourth-order valence-electron chi connectivity index (χ4n) is 0.868. The standard InChI is InChI=1S/C8H10N4O2/c9-3-7-8(11-2-1-10-7)12-6(4-13)5-14/h1-2,6,13-14H,4-5H2,(H,11,12). The predicted molar refractivity (Wildman–Crippen MR) is 48.3 cm³/mol. The summed E-state index contributed by atoms with van der Waals surface area (Å²) in [5, 5.41) is 29.0. The minimum absolute atomic E-state index is 0.138. The average Bonchev–Trinajstić information content (AvgIpc) is 2.26. The number of aliphatic hydroxyl groups is 2. The highest BCUT2D eigenvalue weighted by Gasteiger charge is 2.09. The van der Waals surface area contributed by atoms with Gasteiger partial charge in [0, 0.05) is 12.4 Å². The molecule has 3 N–H and O–H groups in total. The topological polar surface area (TPSA) is 102 Å². The Hall–Kier alpha value is -1.71. The number of rotatable bonds is 4. The quantitative estimate of drug-likeness (QED) is 0.575. The summed E-state index contributed by atoms with van der Waals surface area (Å²) in [6.07, 6.45) is 2.83. The van der Waals surface area contributed by atoms with Crippen LogP contribution in [0.25, 0.3) is 0 Å². The molecule has 0 aromatic carbocycles. The van der Waals surface area contributed by atoms with E-state index in [2.05, 4.69) is 15.3 Å². The van der Waals surface area contributed by atoms with Gasteiger partial charge >= 0.3 is 0 Å². The van der Waals surface area contributed by atoms with Crippen LogP contribution in [0, 0.1) is 11.3 Å². The largest absolute Gasteiger partial charge is 0.394 e. The van der Waals surface area contributed by atoms with E-state index in [1.54, 1.807) is 0 Å². The van der Waals surface area contributed by atoms with Crippen molar-refractivity contribution in [2.75, 3.05) is 18.5 Å². The second-order valence-corrected chi connectivity index (χ2v) is 2.57. The summed E-state index contributed by atoms with van der Waals surface area (Å²) in [6, 6.07) is 1.32. The molecule has 0 aliphatic carbocycles. The summed E-state index contributed by atoms with van der Waals surface area (Å²) in [5.41, 5.74) is 0.138. The first-order valence-corrected chi connectivity index (χ1v) is 4.01. The maximum atomic E-state index is 8.80. The molecular weight excluding hydrogens is 184 g/mol. The first-order valence-electron chi connectivity index (χ1n) is 4.01. The van der Waals surface area contributed by atoms with Gasteiger partial charge in [-0.3, -0.25) is 0 Å². The van der Waals surface area contributed by atoms with Gasteiger partial charge in [-0.25, -0.2) is 9.97 Å². The van der Waals surface area contributed by atoms with Gasteiger partial charge in [0.15, 0.2) is 11.5 Å². The first kappa shape index (κ1) is 10.4. The summed E-state index contributed by atoms with van der Waals surface area (Å²) >= 11 is 0. The lowest BCUT2D eigenvalue weighted by atomic mass is 10.3. The zero-order chi connectivity index (χ0) is 10.4. The fourth-order valence-corrected chi connectivity index (χ4v) is 0.868. The molecule has 0 aliphatic heterocycles. The Morgan fingerprint density at radius 3 is 2.57 bits per heavy atom. The molecule has 0 amide bonds. The molecule has 6 nitrogen and oxygen atoms in total. The average molecular weight is 194 g/mol. The third-order valence-corrected chi connectivity index (χ3v) is 1.59. The van der Waals surface area contributed by atoms with Crippen LogP contribution >= 0.6 is 0 Å². The Labute approximate surface area is 80.9 Å². The van der Waals surface area contributed by atoms with Crippen LogP contribution in [0.5, 0.6) is 0 Å². The van der Waals surface area contributed by atoms with Gasteiger partial charge in [-0.15, -0.1) is 0 Å². The molecule has 6 heteroatoms. The predicted octanol–water partition coefficient (Wildman–Crippen LogP) is -0.887. The highest BCUT2D eigenvalue weighted by atomic mass is 16.3. The number of nitrogens with one attached hydrogen (secondary N) is 1. The number of nitriles is 1. The molecule has 1 rings (SSSR count). The van der Waals surface area contributed by atoms with Crippen LogP contribution in [0.15, 0.2) is 12.4 Å². The van der Waals surface area contributed by atoms with Crippen LogP contribution in [0.3, 0.4) is 0 Å². The summed E-state index contributed by atoms with van der Waals surface area (Å²) in [6.45, 7) is -0.476. The van der Waals surface area contributed by atoms with E-state index in [-0.39, 0.29) is 24.7 Å². The molecule has 0 spiro atoms. The van der Waals surface area contributed by atoms with Gasteiger partial charge in [-0.05, 0) is 0 Å². The van der Waals surface area contributed by atoms with Crippen molar-refractivity contribution < 1.29 is 10.2 Å². The van der Waals surface area contributed by atoms with Gasteiger partial charge in [-0.2, -0.15) is 5.26 Å². The lowest BCUT2D eigenvalue weighted by Gasteiger charge is -2.13. The maximum absolute atomic E-state index is 8.80. The minimum Gasteiger partial charge on any atom is -0.394 e. The minimum atomic E-state index is -0.529. The van der Waals surface area contributed by atoms with Crippen LogP contribution < -0.4 is 5.32 Å². The van der Waals surface area contributed by atoms with Gasteiger partial charge in [0.1, 0.15) is 6.07 Å². The van der Waals surface area contributed by atoms with Gasteiger partial charge in [0.25, 0.3) is 0 Å². The SMILES string of the molecule is N#Cc1nccnc1NC(CO)CO. The van der Waals surface area contributed by atoms with Gasteiger partial charge in [-0.1, -0.05) is 0 Å². The summed E-state index contributed by atoms with van der Waals surface area (Å²) < 4.78 is 0. The van der Waals surface area contributed by atoms with E-state index < -0.39 is 6.04 Å². The summed E-state index contributed by atoms with van der Waals surface area (Å²) in [4.78, 5) is 7.64. The molecule has 74 valence electrons. The van der Waals surface area contributed by atoms with Crippen molar-refractivity contribution in [3.63, 3.8) is 0 Å². The summed E-state index contributed by atoms with van der Waals surface area (Å²) in [7, 11) is 0. The van der Waals surface area contributed by atoms with Gasteiger partial charge in [0.2, 0.25) is 0 Å². The molecule has 0 aliphatic rings. The smallest absolute Gasteiger partial charge is 0.182 e. The molecule has 1 aromatic heterocycles. The molecule has 0 fully saturated rings. The second-order valence-electron chi connectivity index (χ2n) is 2.57. The van der Waals surface area contributed by atoms with Crippen LogP contribution in [0.2, 0.25) is 0 Å². The van der Waals surface area contributed by atoms with E-state index in [0.717, 1.165) is 0 Å². The molecule has 0 saturated heterocycles. The maximum Gasteiger partial charge on any atom is 0.182 e. The molecule has 0 atom stereocenters. The third-order valence-electron chi connectivity index (χ3n) is 1.59. The molecule has 0 radical (unpaired) electrons. The summed E-state index contributed by atoms with van der Waals surface area (Å²) in [5.74, 6) is 0.267. The number of hydrogen-bond acceptors (Lipinski definition) is 6. The van der Waals surface area contributed by atoms with Crippen molar-refractivity contribution >= 4 is 5.82 Å². The Morgan fingerprint density at radius 1 is 1.36 bits per heavy atom. The lowest BCUT2D eigenvalue weighted by molar-refractivity contribution is 0.203. The van der Waals surface area contributed by atoms with E-state index in [0.29, 0.717) is 0 Å². The Bertz CT molecular complexity index is 332. The molecule has 1 aromatic rings. The number of nitrogens with zero attached hydrogens (tertiary/aromatic N) is 3. The van der Waals surface area contributed by atoms with Gasteiger partial charge < -0.3 is 15.5 Å². The highest BCUT2D eigenvalue weighted by Crippen LogP contribution is 2.07. The van der Waals surface area contributed by atoms with E-state index in [4.69, 9.17) is 15.5 Å². The van der Waals surface area contributed by atoms with Crippen LogP contribution in [-0.4, -0.2) is 39.4 Å². The Balaban J connectivity index is 2.80. The number of aliphatic hydroxyl groups excluding tert-OH is 2. The zero-order valence-corrected chi connectivity index (χ0v) is 7.38. The second kappa shape index (κ2) is 5.11. The fraction of sp³-hybridized carbons (Fsp3) is 0.375. The van der Waals surface area contributed by atoms with E-state index in [9.17, 15) is 0 Å². The van der Waals surface area contributed by atoms with Gasteiger partial charge in [0.05, 0.1) is 19.3 Å². The molecule has 0 unspecified atom stereocenters. The van der Waals surface area contributed by atoms with E-state index in [1.165, 1.54) is 12.4 Å². The third kappa shape index (κ3) is 2.39. The molecule has 0 saturated carbocycles.